The predicted octanol–water partition coefficient (Wildman–Crippen LogP) is 5.05. The van der Waals surface area contributed by atoms with E-state index in [-0.39, 0.29) is 22.8 Å². The van der Waals surface area contributed by atoms with Gasteiger partial charge in [0.05, 0.1) is 18.7 Å². The number of methoxy groups -OCH3 is 1. The van der Waals surface area contributed by atoms with E-state index < -0.39 is 17.7 Å². The molecule has 1 amide bonds. The number of Topliss-reactive ketones (excluding diaryl/α,β-unsaturated/α-hetero) is 1. The van der Waals surface area contributed by atoms with Gasteiger partial charge in [0.1, 0.15) is 18.1 Å². The summed E-state index contributed by atoms with van der Waals surface area (Å²) in [5, 5.41) is 21.6. The number of nitrogens with zero attached hydrogens (tertiary/aromatic N) is 2. The Bertz CT molecular complexity index is 1400. The number of benzene rings is 3. The normalized spacial score (nSPS) is 16.5. The van der Waals surface area contributed by atoms with Crippen molar-refractivity contribution in [2.24, 2.45) is 0 Å². The van der Waals surface area contributed by atoms with Crippen LogP contribution in [-0.4, -0.2) is 65.0 Å². The number of hydrogen-bond donors (Lipinski definition) is 2. The van der Waals surface area contributed by atoms with Crippen molar-refractivity contribution in [3.05, 3.63) is 94.6 Å². The number of carbonyl (C=O) groups excluding carboxylic acids is 2. The lowest BCUT2D eigenvalue weighted by Gasteiger charge is -2.28. The van der Waals surface area contributed by atoms with E-state index in [4.69, 9.17) is 9.47 Å². The Labute approximate surface area is 235 Å². The molecule has 0 radical (unpaired) electrons. The molecule has 0 bridgehead atoms. The number of ketones is 1. The molecule has 1 aliphatic heterocycles. The van der Waals surface area contributed by atoms with E-state index in [0.717, 1.165) is 24.2 Å². The number of hydrogen-bond acceptors (Lipinski definition) is 7. The van der Waals surface area contributed by atoms with Gasteiger partial charge in [0, 0.05) is 18.7 Å². The lowest BCUT2D eigenvalue weighted by molar-refractivity contribution is -0.140. The Morgan fingerprint density at radius 3 is 2.35 bits per heavy atom. The maximum Gasteiger partial charge on any atom is 0.295 e. The van der Waals surface area contributed by atoms with Gasteiger partial charge in [-0.2, -0.15) is 0 Å². The Kier molecular flexibility index (Phi) is 9.11. The summed E-state index contributed by atoms with van der Waals surface area (Å²) >= 11 is 0. The molecule has 0 spiro atoms. The van der Waals surface area contributed by atoms with Crippen molar-refractivity contribution in [3.8, 4) is 17.2 Å². The smallest absolute Gasteiger partial charge is 0.295 e. The molecule has 8 nitrogen and oxygen atoms in total. The number of aliphatic hydroxyl groups is 1. The second-order valence-electron chi connectivity index (χ2n) is 9.71. The van der Waals surface area contributed by atoms with E-state index in [2.05, 4.69) is 4.90 Å². The van der Waals surface area contributed by atoms with Crippen molar-refractivity contribution >= 4 is 17.4 Å². The Hall–Kier alpha value is -4.30. The van der Waals surface area contributed by atoms with Crippen molar-refractivity contribution in [2.75, 3.05) is 33.3 Å². The maximum atomic E-state index is 13.4. The topological polar surface area (TPSA) is 99.5 Å². The summed E-state index contributed by atoms with van der Waals surface area (Å²) < 4.78 is 11.3. The number of aliphatic hydroxyl groups excluding tert-OH is 1. The number of amides is 1. The highest BCUT2D eigenvalue weighted by Gasteiger charge is 2.46. The molecule has 0 aliphatic carbocycles. The van der Waals surface area contributed by atoms with Crippen LogP contribution in [0.3, 0.4) is 0 Å². The van der Waals surface area contributed by atoms with Crippen LogP contribution in [0.4, 0.5) is 0 Å². The fraction of sp³-hybridized carbons (Fsp3) is 0.312. The van der Waals surface area contributed by atoms with Gasteiger partial charge in [-0.05, 0) is 67.0 Å². The third-order valence-electron chi connectivity index (χ3n) is 7.30. The summed E-state index contributed by atoms with van der Waals surface area (Å²) in [6.45, 7) is 8.80. The van der Waals surface area contributed by atoms with Gasteiger partial charge in [-0.3, -0.25) is 9.59 Å². The molecule has 8 heteroatoms. The van der Waals surface area contributed by atoms with Gasteiger partial charge in [0.2, 0.25) is 0 Å². The number of carbonyl (C=O) groups is 2. The summed E-state index contributed by atoms with van der Waals surface area (Å²) in [5.74, 6) is -0.893. The number of aromatic hydroxyl groups is 1. The molecule has 0 aromatic heterocycles. The number of rotatable bonds is 11. The van der Waals surface area contributed by atoms with Gasteiger partial charge in [0.25, 0.3) is 11.7 Å². The average molecular weight is 545 g/mol. The van der Waals surface area contributed by atoms with Crippen molar-refractivity contribution in [1.29, 1.82) is 0 Å². The zero-order valence-corrected chi connectivity index (χ0v) is 23.4. The second kappa shape index (κ2) is 12.7. The molecule has 0 saturated carbocycles. The van der Waals surface area contributed by atoms with Crippen LogP contribution in [0.2, 0.25) is 0 Å². The van der Waals surface area contributed by atoms with Crippen LogP contribution in [0.1, 0.15) is 42.1 Å². The highest BCUT2D eigenvalue weighted by atomic mass is 16.5. The number of likely N-dealkylation sites (N-methyl/N-ethyl adjacent to an activating group) is 1. The molecule has 4 rings (SSSR count). The lowest BCUT2D eigenvalue weighted by atomic mass is 9.94. The minimum Gasteiger partial charge on any atom is -0.507 e. The Morgan fingerprint density at radius 2 is 1.70 bits per heavy atom. The van der Waals surface area contributed by atoms with Crippen molar-refractivity contribution in [1.82, 2.24) is 9.80 Å². The lowest BCUT2D eigenvalue weighted by Crippen LogP contribution is -2.38. The molecule has 3 aromatic rings. The number of phenolic OH excluding ortho intramolecular Hbond substituents is 1. The summed E-state index contributed by atoms with van der Waals surface area (Å²) in [4.78, 5) is 30.3. The molecule has 210 valence electrons. The van der Waals surface area contributed by atoms with Gasteiger partial charge in [0.15, 0.2) is 11.5 Å². The zero-order chi connectivity index (χ0) is 28.8. The van der Waals surface area contributed by atoms with Crippen LogP contribution in [-0.2, 0) is 16.2 Å². The van der Waals surface area contributed by atoms with Crippen LogP contribution >= 0.6 is 0 Å². The molecular weight excluding hydrogens is 508 g/mol. The quantitative estimate of drug-likeness (QED) is 0.198. The third kappa shape index (κ3) is 5.97. The molecule has 1 saturated heterocycles. The van der Waals surface area contributed by atoms with Crippen LogP contribution in [0.25, 0.3) is 5.76 Å². The van der Waals surface area contributed by atoms with E-state index in [0.29, 0.717) is 36.6 Å². The molecule has 40 heavy (non-hydrogen) atoms. The SMILES string of the molecule is CCN(CC)CCN1C(=O)C(=O)C(=C(O)c2ccc(OCc3ccccc3)c(C)c2)[C@H]1c1ccc(O)c(OC)c1. The molecular formula is C32H36N2O6. The van der Waals surface area contributed by atoms with Crippen molar-refractivity contribution in [2.45, 2.75) is 33.4 Å². The number of aryl methyl sites for hydroxylation is 1. The van der Waals surface area contributed by atoms with E-state index in [9.17, 15) is 19.8 Å². The minimum absolute atomic E-state index is 0.00496. The van der Waals surface area contributed by atoms with Crippen LogP contribution in [0.15, 0.2) is 72.3 Å². The Balaban J connectivity index is 1.72. The van der Waals surface area contributed by atoms with Gasteiger partial charge >= 0.3 is 0 Å². The monoisotopic (exact) mass is 544 g/mol. The zero-order valence-electron chi connectivity index (χ0n) is 23.4. The summed E-state index contributed by atoms with van der Waals surface area (Å²) in [6.07, 6.45) is 0. The van der Waals surface area contributed by atoms with Gasteiger partial charge in [-0.1, -0.05) is 50.2 Å². The second-order valence-corrected chi connectivity index (χ2v) is 9.71. The van der Waals surface area contributed by atoms with Gasteiger partial charge in [-0.15, -0.1) is 0 Å². The fourth-order valence-corrected chi connectivity index (χ4v) is 4.96. The predicted molar refractivity (Wildman–Crippen MR) is 153 cm³/mol. The van der Waals surface area contributed by atoms with E-state index in [1.165, 1.54) is 18.1 Å². The van der Waals surface area contributed by atoms with E-state index in [1.54, 1.807) is 30.3 Å². The van der Waals surface area contributed by atoms with Gasteiger partial charge < -0.3 is 29.5 Å². The molecule has 2 N–H and O–H groups in total. The summed E-state index contributed by atoms with van der Waals surface area (Å²) in [5.41, 5.74) is 2.76. The third-order valence-corrected chi connectivity index (χ3v) is 7.30. The molecule has 3 aromatic carbocycles. The molecule has 0 unspecified atom stereocenters. The first-order valence-corrected chi connectivity index (χ1v) is 13.4. The van der Waals surface area contributed by atoms with E-state index in [1.807, 2.05) is 51.1 Å². The fourth-order valence-electron chi connectivity index (χ4n) is 4.96. The standard InChI is InChI=1S/C32H36N2O6/c1-5-33(6-2)16-17-34-29(23-12-14-25(35)27(19-23)39-4)28(31(37)32(34)38)30(36)24-13-15-26(21(3)18-24)40-20-22-10-8-7-9-11-22/h7-15,18-19,29,35-36H,5-6,16-17,20H2,1-4H3/t29-/m1/s1. The highest BCUT2D eigenvalue weighted by molar-refractivity contribution is 6.46. The number of phenols is 1. The van der Waals surface area contributed by atoms with Crippen LogP contribution in [0.5, 0.6) is 17.2 Å². The maximum absolute atomic E-state index is 13.4. The molecule has 1 aliphatic rings. The highest BCUT2D eigenvalue weighted by Crippen LogP contribution is 2.42. The number of likely N-dealkylation sites (tertiary alicyclic amines) is 1. The average Bonchev–Trinajstić information content (AvgIpc) is 3.22. The van der Waals surface area contributed by atoms with Gasteiger partial charge in [-0.25, -0.2) is 0 Å². The first kappa shape index (κ1) is 28.7. The van der Waals surface area contributed by atoms with Crippen LogP contribution < -0.4 is 9.47 Å². The summed E-state index contributed by atoms with van der Waals surface area (Å²) in [6, 6.07) is 18.8. The minimum atomic E-state index is -0.848. The molecule has 1 fully saturated rings. The largest absolute Gasteiger partial charge is 0.507 e. The van der Waals surface area contributed by atoms with Crippen molar-refractivity contribution in [3.63, 3.8) is 0 Å². The van der Waals surface area contributed by atoms with Crippen molar-refractivity contribution < 1.29 is 29.3 Å². The Morgan fingerprint density at radius 1 is 0.975 bits per heavy atom. The number of ether oxygens (including phenoxy) is 2. The van der Waals surface area contributed by atoms with Crippen LogP contribution in [0, 0.1) is 6.92 Å². The first-order chi connectivity index (χ1) is 19.3. The van der Waals surface area contributed by atoms with E-state index >= 15 is 0 Å². The molecule has 1 atom stereocenters. The molecule has 1 heterocycles. The first-order valence-electron chi connectivity index (χ1n) is 13.4. The summed E-state index contributed by atoms with van der Waals surface area (Å²) in [7, 11) is 1.43.